The van der Waals surface area contributed by atoms with Crippen molar-refractivity contribution in [2.45, 2.75) is 53.5 Å². The van der Waals surface area contributed by atoms with E-state index in [4.69, 9.17) is 5.73 Å². The van der Waals surface area contributed by atoms with Crippen molar-refractivity contribution in [2.75, 3.05) is 6.54 Å². The lowest BCUT2D eigenvalue weighted by Crippen LogP contribution is -2.46. The highest BCUT2D eigenvalue weighted by atomic mass is 35.5. The molecule has 21 heavy (non-hydrogen) atoms. The van der Waals surface area contributed by atoms with Crippen LogP contribution in [-0.4, -0.2) is 12.5 Å². The fourth-order valence-electron chi connectivity index (χ4n) is 2.69. The van der Waals surface area contributed by atoms with Crippen LogP contribution in [0.3, 0.4) is 0 Å². The number of nitrogens with one attached hydrogen (secondary N) is 1. The van der Waals surface area contributed by atoms with Crippen LogP contribution in [0.4, 0.5) is 0 Å². The van der Waals surface area contributed by atoms with Gasteiger partial charge in [-0.1, -0.05) is 37.6 Å². The van der Waals surface area contributed by atoms with Gasteiger partial charge < -0.3 is 11.1 Å². The van der Waals surface area contributed by atoms with E-state index in [0.717, 1.165) is 12.8 Å². The predicted octanol–water partition coefficient (Wildman–Crippen LogP) is 3.67. The second-order valence-corrected chi connectivity index (χ2v) is 5.75. The normalized spacial score (nSPS) is 12.5. The van der Waals surface area contributed by atoms with E-state index in [2.05, 4.69) is 37.4 Å². The Hall–Kier alpha value is -1.06. The molecule has 3 nitrogen and oxygen atoms in total. The number of carbonyl (C=O) groups excluding carboxylic acids is 1. The molecule has 1 aromatic rings. The lowest BCUT2D eigenvalue weighted by atomic mass is 9.81. The summed E-state index contributed by atoms with van der Waals surface area (Å²) in [7, 11) is 0. The van der Waals surface area contributed by atoms with Gasteiger partial charge in [-0.3, -0.25) is 4.79 Å². The molecule has 1 amide bonds. The second-order valence-electron chi connectivity index (χ2n) is 5.75. The minimum Gasteiger partial charge on any atom is -0.349 e. The summed E-state index contributed by atoms with van der Waals surface area (Å²) < 4.78 is 0. The quantitative estimate of drug-likeness (QED) is 0.842. The van der Waals surface area contributed by atoms with E-state index < -0.39 is 5.41 Å². The first-order chi connectivity index (χ1) is 9.40. The van der Waals surface area contributed by atoms with Gasteiger partial charge in [0, 0.05) is 6.54 Å². The van der Waals surface area contributed by atoms with Gasteiger partial charge in [0.25, 0.3) is 0 Å². The minimum absolute atomic E-state index is 0. The molecule has 0 bridgehead atoms. The molecule has 0 aliphatic heterocycles. The second kappa shape index (κ2) is 8.40. The highest BCUT2D eigenvalue weighted by Gasteiger charge is 2.34. The molecule has 0 saturated heterocycles. The maximum atomic E-state index is 12.5. The molecule has 4 heteroatoms. The highest BCUT2D eigenvalue weighted by molar-refractivity contribution is 5.85. The van der Waals surface area contributed by atoms with E-state index in [-0.39, 0.29) is 24.4 Å². The van der Waals surface area contributed by atoms with Crippen molar-refractivity contribution in [3.63, 3.8) is 0 Å². The summed E-state index contributed by atoms with van der Waals surface area (Å²) in [6.45, 7) is 10.6. The lowest BCUT2D eigenvalue weighted by Gasteiger charge is -2.30. The molecule has 120 valence electrons. The summed E-state index contributed by atoms with van der Waals surface area (Å²) in [6, 6.07) is 6.33. The van der Waals surface area contributed by atoms with Crippen LogP contribution < -0.4 is 11.1 Å². The number of halogens is 1. The maximum Gasteiger partial charge on any atom is 0.227 e. The fraction of sp³-hybridized carbons (Fsp3) is 0.588. The van der Waals surface area contributed by atoms with E-state index in [0.29, 0.717) is 6.54 Å². The van der Waals surface area contributed by atoms with Crippen molar-refractivity contribution in [1.82, 2.24) is 5.32 Å². The number of hydrogen-bond donors (Lipinski definition) is 2. The zero-order valence-electron chi connectivity index (χ0n) is 13.8. The number of rotatable bonds is 6. The molecular weight excluding hydrogens is 284 g/mol. The van der Waals surface area contributed by atoms with Crippen molar-refractivity contribution >= 4 is 18.3 Å². The summed E-state index contributed by atoms with van der Waals surface area (Å²) in [5, 5.41) is 3.13. The molecule has 3 N–H and O–H groups in total. The Kier molecular flexibility index (Phi) is 7.98. The third-order valence-electron chi connectivity index (χ3n) is 4.47. The number of aryl methyl sites for hydroxylation is 2. The molecule has 0 aliphatic carbocycles. The van der Waals surface area contributed by atoms with Gasteiger partial charge in [0.1, 0.15) is 0 Å². The van der Waals surface area contributed by atoms with Crippen LogP contribution in [0.25, 0.3) is 0 Å². The van der Waals surface area contributed by atoms with Crippen LogP contribution in [0.5, 0.6) is 0 Å². The number of benzene rings is 1. The zero-order chi connectivity index (χ0) is 15.3. The van der Waals surface area contributed by atoms with Gasteiger partial charge in [-0.05, 0) is 44.7 Å². The molecule has 1 rings (SSSR count). The number of amides is 1. The van der Waals surface area contributed by atoms with Gasteiger partial charge in [-0.2, -0.15) is 0 Å². The molecule has 0 aliphatic rings. The third kappa shape index (κ3) is 4.45. The van der Waals surface area contributed by atoms with Gasteiger partial charge in [0.2, 0.25) is 5.91 Å². The summed E-state index contributed by atoms with van der Waals surface area (Å²) in [5.41, 5.74) is 9.02. The molecule has 0 saturated carbocycles. The molecule has 0 radical (unpaired) electrons. The first kappa shape index (κ1) is 19.9. The van der Waals surface area contributed by atoms with Crippen LogP contribution in [-0.2, 0) is 4.79 Å². The molecule has 0 heterocycles. The number of carbonyl (C=O) groups is 1. The molecule has 0 fully saturated rings. The molecule has 1 atom stereocenters. The van der Waals surface area contributed by atoms with Gasteiger partial charge in [0.15, 0.2) is 0 Å². The van der Waals surface area contributed by atoms with Gasteiger partial charge >= 0.3 is 0 Å². The van der Waals surface area contributed by atoms with Gasteiger partial charge in [-0.25, -0.2) is 0 Å². The van der Waals surface area contributed by atoms with Crippen LogP contribution in [0, 0.1) is 19.3 Å². The van der Waals surface area contributed by atoms with Crippen LogP contribution in [0.15, 0.2) is 18.2 Å². The number of nitrogens with two attached hydrogens (primary N) is 1. The topological polar surface area (TPSA) is 55.1 Å². The Balaban J connectivity index is 0.00000400. The fourth-order valence-corrected chi connectivity index (χ4v) is 2.69. The van der Waals surface area contributed by atoms with Crippen LogP contribution in [0.2, 0.25) is 0 Å². The molecule has 0 aromatic heterocycles. The van der Waals surface area contributed by atoms with E-state index in [1.54, 1.807) is 0 Å². The van der Waals surface area contributed by atoms with Crippen molar-refractivity contribution in [2.24, 2.45) is 11.1 Å². The van der Waals surface area contributed by atoms with E-state index in [9.17, 15) is 4.79 Å². The molecular formula is C17H29ClN2O. The zero-order valence-corrected chi connectivity index (χ0v) is 14.6. The first-order valence-electron chi connectivity index (χ1n) is 7.48. The SMILES string of the molecule is CCC(CC)(CN)C(=O)NC(C)c1ccc(C)cc1C.Cl. The van der Waals surface area contributed by atoms with E-state index in [1.807, 2.05) is 20.8 Å². The van der Waals surface area contributed by atoms with Gasteiger partial charge in [0.05, 0.1) is 11.5 Å². The summed E-state index contributed by atoms with van der Waals surface area (Å²) in [4.78, 5) is 12.5. The minimum atomic E-state index is -0.438. The Labute approximate surface area is 135 Å². The lowest BCUT2D eigenvalue weighted by molar-refractivity contribution is -0.131. The summed E-state index contributed by atoms with van der Waals surface area (Å²) in [5.74, 6) is 0.0671. The van der Waals surface area contributed by atoms with Crippen molar-refractivity contribution in [3.8, 4) is 0 Å². The number of hydrogen-bond acceptors (Lipinski definition) is 2. The molecule has 0 spiro atoms. The highest BCUT2D eigenvalue weighted by Crippen LogP contribution is 2.27. The van der Waals surface area contributed by atoms with Crippen molar-refractivity contribution in [1.29, 1.82) is 0 Å². The van der Waals surface area contributed by atoms with Crippen LogP contribution in [0.1, 0.15) is 56.3 Å². The third-order valence-corrected chi connectivity index (χ3v) is 4.47. The largest absolute Gasteiger partial charge is 0.349 e. The Morgan fingerprint density at radius 1 is 1.29 bits per heavy atom. The Morgan fingerprint density at radius 2 is 1.86 bits per heavy atom. The average Bonchev–Trinajstić information content (AvgIpc) is 2.41. The summed E-state index contributed by atoms with van der Waals surface area (Å²) in [6.07, 6.45) is 1.54. The van der Waals surface area contributed by atoms with E-state index >= 15 is 0 Å². The predicted molar refractivity (Wildman–Crippen MR) is 91.8 cm³/mol. The van der Waals surface area contributed by atoms with E-state index in [1.165, 1.54) is 16.7 Å². The first-order valence-corrected chi connectivity index (χ1v) is 7.48. The Morgan fingerprint density at radius 3 is 2.29 bits per heavy atom. The summed E-state index contributed by atoms with van der Waals surface area (Å²) >= 11 is 0. The van der Waals surface area contributed by atoms with Crippen LogP contribution >= 0.6 is 12.4 Å². The standard InChI is InChI=1S/C17H28N2O.ClH/c1-6-17(7-2,11-18)16(20)19-14(5)15-9-8-12(3)10-13(15)4;/h8-10,14H,6-7,11,18H2,1-5H3,(H,19,20);1H. The van der Waals surface area contributed by atoms with Gasteiger partial charge in [-0.15, -0.1) is 12.4 Å². The van der Waals surface area contributed by atoms with Crippen molar-refractivity contribution in [3.05, 3.63) is 34.9 Å². The monoisotopic (exact) mass is 312 g/mol. The molecule has 1 aromatic carbocycles. The van der Waals surface area contributed by atoms with Crippen molar-refractivity contribution < 1.29 is 4.79 Å². The smallest absolute Gasteiger partial charge is 0.227 e. The average molecular weight is 313 g/mol. The molecule has 1 unspecified atom stereocenters. The maximum absolute atomic E-state index is 12.5. The Bertz CT molecular complexity index is 462.